The van der Waals surface area contributed by atoms with Gasteiger partial charge in [-0.15, -0.1) is 0 Å². The van der Waals surface area contributed by atoms with Crippen molar-refractivity contribution >= 4 is 40.1 Å². The number of likely N-dealkylation sites (tertiary alicyclic amines) is 1. The van der Waals surface area contributed by atoms with Crippen molar-refractivity contribution in [1.29, 1.82) is 0 Å². The van der Waals surface area contributed by atoms with E-state index >= 15 is 0 Å². The number of fused-ring (bicyclic) bond motifs is 1. The highest BCUT2D eigenvalue weighted by atomic mass is 32.2. The van der Waals surface area contributed by atoms with E-state index in [9.17, 15) is 9.59 Å². The van der Waals surface area contributed by atoms with E-state index in [-0.39, 0.29) is 11.1 Å². The summed E-state index contributed by atoms with van der Waals surface area (Å²) < 4.78 is 1.97. The Morgan fingerprint density at radius 2 is 2.03 bits per heavy atom. The molecule has 0 spiro atoms. The number of nitrogens with one attached hydrogen (secondary N) is 1. The predicted octanol–water partition coefficient (Wildman–Crippen LogP) is 3.63. The zero-order valence-corrected chi connectivity index (χ0v) is 18.1. The van der Waals surface area contributed by atoms with E-state index in [2.05, 4.69) is 46.5 Å². The molecular weight excluding hydrogens is 410 g/mol. The zero-order valence-electron chi connectivity index (χ0n) is 17.2. The van der Waals surface area contributed by atoms with Crippen LogP contribution in [0.15, 0.2) is 47.6 Å². The summed E-state index contributed by atoms with van der Waals surface area (Å²) in [5.41, 5.74) is 4.46. The third-order valence-electron chi connectivity index (χ3n) is 5.89. The van der Waals surface area contributed by atoms with Crippen LogP contribution in [-0.2, 0) is 11.2 Å². The third-order valence-corrected chi connectivity index (χ3v) is 6.70. The highest BCUT2D eigenvalue weighted by molar-refractivity contribution is 8.18. The van der Waals surface area contributed by atoms with Crippen LogP contribution in [0.25, 0.3) is 22.9 Å². The molecule has 2 amide bonds. The standard InChI is InChI=1S/C23H23N5O2S/c1-27-9-7-15(8-10-27)11-16-3-2-4-18(12-16)28-14-24-19-6-5-17(25-21(19)28)13-20-22(29)26-23(30)31-20/h2-6,12-15H,7-11H2,1H3,(H,26,29,30)/b20-13-. The van der Waals surface area contributed by atoms with E-state index < -0.39 is 0 Å². The highest BCUT2D eigenvalue weighted by Gasteiger charge is 2.25. The maximum Gasteiger partial charge on any atom is 0.290 e. The summed E-state index contributed by atoms with van der Waals surface area (Å²) in [6.45, 7) is 2.33. The monoisotopic (exact) mass is 433 g/mol. The number of rotatable bonds is 4. The number of carbonyl (C=O) groups is 2. The van der Waals surface area contributed by atoms with Crippen molar-refractivity contribution in [3.05, 3.63) is 58.9 Å². The molecule has 0 atom stereocenters. The molecule has 0 saturated carbocycles. The van der Waals surface area contributed by atoms with Gasteiger partial charge in [-0.2, -0.15) is 0 Å². The molecule has 2 aliphatic heterocycles. The molecule has 2 aromatic heterocycles. The van der Waals surface area contributed by atoms with Gasteiger partial charge in [0.15, 0.2) is 5.65 Å². The van der Waals surface area contributed by atoms with Crippen molar-refractivity contribution in [3.63, 3.8) is 0 Å². The number of imidazole rings is 1. The van der Waals surface area contributed by atoms with Crippen LogP contribution in [0.4, 0.5) is 4.79 Å². The van der Waals surface area contributed by atoms with Crippen LogP contribution >= 0.6 is 11.8 Å². The fourth-order valence-electron chi connectivity index (χ4n) is 4.17. The molecule has 0 unspecified atom stereocenters. The molecular formula is C23H23N5O2S. The second kappa shape index (κ2) is 8.28. The molecule has 3 aromatic rings. The number of aromatic nitrogens is 3. The van der Waals surface area contributed by atoms with Crippen molar-refractivity contribution in [1.82, 2.24) is 24.8 Å². The van der Waals surface area contributed by atoms with Gasteiger partial charge in [0.1, 0.15) is 11.8 Å². The molecule has 2 aliphatic rings. The zero-order chi connectivity index (χ0) is 21.4. The fourth-order valence-corrected chi connectivity index (χ4v) is 4.83. The SMILES string of the molecule is CN1CCC(Cc2cccc(-n3cnc4ccc(/C=C5\SC(=O)NC5=O)nc43)c2)CC1. The Morgan fingerprint density at radius 3 is 2.81 bits per heavy atom. The Morgan fingerprint density at radius 1 is 1.19 bits per heavy atom. The molecule has 158 valence electrons. The summed E-state index contributed by atoms with van der Waals surface area (Å²) in [5.74, 6) is 0.340. The van der Waals surface area contributed by atoms with Crippen LogP contribution in [0, 0.1) is 5.92 Å². The van der Waals surface area contributed by atoms with Gasteiger partial charge in [-0.3, -0.25) is 19.5 Å². The van der Waals surface area contributed by atoms with E-state index in [0.29, 0.717) is 10.6 Å². The molecule has 8 heteroatoms. The van der Waals surface area contributed by atoms with E-state index in [0.717, 1.165) is 41.0 Å². The number of benzene rings is 1. The first kappa shape index (κ1) is 20.0. The number of amides is 2. The number of hydrogen-bond donors (Lipinski definition) is 1. The third kappa shape index (κ3) is 4.26. The number of hydrogen-bond acceptors (Lipinski definition) is 6. The van der Waals surface area contributed by atoms with Crippen LogP contribution < -0.4 is 5.32 Å². The smallest absolute Gasteiger partial charge is 0.290 e. The first-order valence-electron chi connectivity index (χ1n) is 10.4. The van der Waals surface area contributed by atoms with Gasteiger partial charge in [0, 0.05) is 5.69 Å². The van der Waals surface area contributed by atoms with Crippen LogP contribution in [0.5, 0.6) is 0 Å². The summed E-state index contributed by atoms with van der Waals surface area (Å²) in [7, 11) is 2.19. The lowest BCUT2D eigenvalue weighted by molar-refractivity contribution is -0.115. The maximum absolute atomic E-state index is 11.8. The summed E-state index contributed by atoms with van der Waals surface area (Å²) in [6, 6.07) is 12.2. The predicted molar refractivity (Wildman–Crippen MR) is 122 cm³/mol. The van der Waals surface area contributed by atoms with Gasteiger partial charge < -0.3 is 4.90 Å². The quantitative estimate of drug-likeness (QED) is 0.633. The summed E-state index contributed by atoms with van der Waals surface area (Å²) in [6.07, 6.45) is 6.98. The highest BCUT2D eigenvalue weighted by Crippen LogP contribution is 2.27. The first-order valence-corrected chi connectivity index (χ1v) is 11.2. The molecule has 31 heavy (non-hydrogen) atoms. The Kier molecular flexibility index (Phi) is 5.33. The molecule has 2 fully saturated rings. The van der Waals surface area contributed by atoms with Gasteiger partial charge in [-0.05, 0) is 93.0 Å². The minimum atomic E-state index is -0.382. The van der Waals surface area contributed by atoms with Gasteiger partial charge >= 0.3 is 0 Å². The topological polar surface area (TPSA) is 80.1 Å². The number of pyridine rings is 1. The molecule has 4 heterocycles. The minimum absolute atomic E-state index is 0.350. The van der Waals surface area contributed by atoms with Gasteiger partial charge in [-0.1, -0.05) is 12.1 Å². The van der Waals surface area contributed by atoms with E-state index in [4.69, 9.17) is 4.98 Å². The Balaban J connectivity index is 1.43. The van der Waals surface area contributed by atoms with E-state index in [1.807, 2.05) is 10.6 Å². The Hall–Kier alpha value is -2.97. The minimum Gasteiger partial charge on any atom is -0.306 e. The van der Waals surface area contributed by atoms with Crippen LogP contribution in [0.2, 0.25) is 0 Å². The number of carbonyl (C=O) groups excluding carboxylic acids is 2. The molecule has 1 N–H and O–H groups in total. The number of nitrogens with zero attached hydrogens (tertiary/aromatic N) is 4. The summed E-state index contributed by atoms with van der Waals surface area (Å²) in [5, 5.41) is 1.91. The molecule has 1 aromatic carbocycles. The van der Waals surface area contributed by atoms with Gasteiger partial charge in [0.05, 0.1) is 10.6 Å². The van der Waals surface area contributed by atoms with Crippen molar-refractivity contribution < 1.29 is 9.59 Å². The normalized spacial score (nSPS) is 19.5. The number of imide groups is 1. The lowest BCUT2D eigenvalue weighted by atomic mass is 9.90. The van der Waals surface area contributed by atoms with Gasteiger partial charge in [0.2, 0.25) is 0 Å². The lowest BCUT2D eigenvalue weighted by Gasteiger charge is -2.29. The number of thioether (sulfide) groups is 1. The average Bonchev–Trinajstić information content (AvgIpc) is 3.32. The van der Waals surface area contributed by atoms with Crippen LogP contribution in [-0.4, -0.2) is 50.7 Å². The molecule has 2 saturated heterocycles. The maximum atomic E-state index is 11.8. The first-order chi connectivity index (χ1) is 15.0. The van der Waals surface area contributed by atoms with Crippen molar-refractivity contribution in [2.75, 3.05) is 20.1 Å². The Labute approximate surface area is 184 Å². The van der Waals surface area contributed by atoms with Crippen molar-refractivity contribution in [3.8, 4) is 5.69 Å². The molecule has 0 aliphatic carbocycles. The second-order valence-electron chi connectivity index (χ2n) is 8.17. The van der Waals surface area contributed by atoms with Gasteiger partial charge in [0.25, 0.3) is 11.1 Å². The van der Waals surface area contributed by atoms with Crippen molar-refractivity contribution in [2.24, 2.45) is 5.92 Å². The largest absolute Gasteiger partial charge is 0.306 e. The van der Waals surface area contributed by atoms with Gasteiger partial charge in [-0.25, -0.2) is 9.97 Å². The van der Waals surface area contributed by atoms with E-state index in [1.165, 1.54) is 31.5 Å². The van der Waals surface area contributed by atoms with Crippen molar-refractivity contribution in [2.45, 2.75) is 19.3 Å². The van der Waals surface area contributed by atoms with E-state index in [1.54, 1.807) is 18.5 Å². The fraction of sp³-hybridized carbons (Fsp3) is 0.304. The number of piperidine rings is 1. The molecule has 0 bridgehead atoms. The Bertz CT molecular complexity index is 1190. The molecule has 7 nitrogen and oxygen atoms in total. The average molecular weight is 434 g/mol. The van der Waals surface area contributed by atoms with Crippen LogP contribution in [0.3, 0.4) is 0 Å². The second-order valence-corrected chi connectivity index (χ2v) is 9.18. The lowest BCUT2D eigenvalue weighted by Crippen LogP contribution is -2.30. The van der Waals surface area contributed by atoms with Crippen LogP contribution in [0.1, 0.15) is 24.1 Å². The molecule has 0 radical (unpaired) electrons. The summed E-state index contributed by atoms with van der Waals surface area (Å²) >= 11 is 0.891. The molecule has 5 rings (SSSR count). The summed E-state index contributed by atoms with van der Waals surface area (Å²) in [4.78, 5) is 35.2.